The molecule has 3 unspecified atom stereocenters. The summed E-state index contributed by atoms with van der Waals surface area (Å²) in [5, 5.41) is 9.92. The standard InChI is InChI=1S/C32H42FN3O4.C5H9NO/c1-10-26(17-25-11-13-27(14-12-25)22(5)35-32(39-9)20(2)3)24(7)40-36-23(6)28-15-16-29(30(33)18-28)31(37)34-21(4)19-38-8;7-4-5-2-1-3-6-5/h11-16,18,20-21,26H,5,7,10,17,19H2,1-4,6,8-9H3,(H,34,37);4-6H,1-3H2/b35-32?,36-23+;. The van der Waals surface area contributed by atoms with Crippen LogP contribution in [0.3, 0.4) is 0 Å². The Morgan fingerprint density at radius 2 is 1.81 bits per heavy atom. The van der Waals surface area contributed by atoms with E-state index < -0.39 is 11.7 Å². The smallest absolute Gasteiger partial charge is 0.254 e. The van der Waals surface area contributed by atoms with Crippen molar-refractivity contribution in [2.45, 2.75) is 72.4 Å². The summed E-state index contributed by atoms with van der Waals surface area (Å²) in [5.41, 5.74) is 3.61. The molecule has 0 aliphatic carbocycles. The second kappa shape index (κ2) is 20.2. The van der Waals surface area contributed by atoms with Crippen molar-refractivity contribution < 1.29 is 28.3 Å². The zero-order valence-corrected chi connectivity index (χ0v) is 28.9. The maximum absolute atomic E-state index is 14.7. The lowest BCUT2D eigenvalue weighted by atomic mass is 9.95. The summed E-state index contributed by atoms with van der Waals surface area (Å²) in [4.78, 5) is 32.5. The number of allylic oxidation sites excluding steroid dienone is 1. The maximum atomic E-state index is 14.7. The van der Waals surface area contributed by atoms with E-state index in [0.29, 0.717) is 35.2 Å². The number of hydrogen-bond acceptors (Lipinski definition) is 8. The lowest BCUT2D eigenvalue weighted by molar-refractivity contribution is -0.109. The first kappa shape index (κ1) is 39.0. The molecule has 1 aliphatic heterocycles. The number of halogens is 1. The molecule has 3 atom stereocenters. The van der Waals surface area contributed by atoms with Crippen molar-refractivity contribution in [2.24, 2.45) is 22.0 Å². The van der Waals surface area contributed by atoms with Crippen LogP contribution < -0.4 is 10.6 Å². The number of aldehydes is 1. The van der Waals surface area contributed by atoms with Crippen LogP contribution in [0.2, 0.25) is 0 Å². The van der Waals surface area contributed by atoms with Gasteiger partial charge in [-0.05, 0) is 69.3 Å². The average molecular weight is 651 g/mol. The number of benzene rings is 2. The molecule has 1 amide bonds. The van der Waals surface area contributed by atoms with Crippen molar-refractivity contribution in [1.82, 2.24) is 10.6 Å². The molecule has 1 saturated heterocycles. The van der Waals surface area contributed by atoms with Gasteiger partial charge in [0.15, 0.2) is 5.90 Å². The molecule has 2 N–H and O–H groups in total. The van der Waals surface area contributed by atoms with Crippen LogP contribution in [0.5, 0.6) is 0 Å². The van der Waals surface area contributed by atoms with Crippen LogP contribution in [-0.2, 0) is 25.5 Å². The van der Waals surface area contributed by atoms with Gasteiger partial charge in [-0.15, -0.1) is 0 Å². The lowest BCUT2D eigenvalue weighted by Crippen LogP contribution is -2.36. The van der Waals surface area contributed by atoms with Crippen molar-refractivity contribution in [3.8, 4) is 0 Å². The largest absolute Gasteiger partial charge is 0.484 e. The van der Waals surface area contributed by atoms with Gasteiger partial charge in [-0.1, -0.05) is 69.4 Å². The van der Waals surface area contributed by atoms with Gasteiger partial charge < -0.3 is 29.7 Å². The van der Waals surface area contributed by atoms with Gasteiger partial charge in [-0.3, -0.25) is 4.79 Å². The van der Waals surface area contributed by atoms with E-state index in [9.17, 15) is 14.0 Å². The van der Waals surface area contributed by atoms with Crippen LogP contribution in [0, 0.1) is 17.7 Å². The van der Waals surface area contributed by atoms with Crippen molar-refractivity contribution in [3.63, 3.8) is 0 Å². The Kier molecular flexibility index (Phi) is 16.7. The summed E-state index contributed by atoms with van der Waals surface area (Å²) < 4.78 is 25.0. The van der Waals surface area contributed by atoms with E-state index in [2.05, 4.69) is 40.9 Å². The average Bonchev–Trinajstić information content (AvgIpc) is 3.59. The molecule has 0 bridgehead atoms. The highest BCUT2D eigenvalue weighted by atomic mass is 19.1. The summed E-state index contributed by atoms with van der Waals surface area (Å²) in [6.07, 6.45) is 4.69. The first-order valence-corrected chi connectivity index (χ1v) is 16.0. The van der Waals surface area contributed by atoms with Gasteiger partial charge in [-0.25, -0.2) is 9.38 Å². The molecule has 2 aromatic rings. The molecule has 0 radical (unpaired) electrons. The molecule has 0 saturated carbocycles. The van der Waals surface area contributed by atoms with Crippen LogP contribution in [0.15, 0.2) is 71.5 Å². The fourth-order valence-electron chi connectivity index (χ4n) is 4.81. The molecular formula is C37H51FN4O5. The monoisotopic (exact) mass is 650 g/mol. The fourth-order valence-corrected chi connectivity index (χ4v) is 4.81. The van der Waals surface area contributed by atoms with Crippen LogP contribution in [0.4, 0.5) is 4.39 Å². The zero-order chi connectivity index (χ0) is 34.9. The molecule has 0 aromatic heterocycles. The van der Waals surface area contributed by atoms with Crippen molar-refractivity contribution >= 4 is 29.5 Å². The molecule has 1 fully saturated rings. The molecule has 2 aromatic carbocycles. The second-order valence-electron chi connectivity index (χ2n) is 11.9. The number of rotatable bonds is 15. The highest BCUT2D eigenvalue weighted by Gasteiger charge is 2.17. The van der Waals surface area contributed by atoms with Crippen molar-refractivity contribution in [2.75, 3.05) is 27.4 Å². The Morgan fingerprint density at radius 1 is 1.13 bits per heavy atom. The predicted molar refractivity (Wildman–Crippen MR) is 187 cm³/mol. The summed E-state index contributed by atoms with van der Waals surface area (Å²) in [5.74, 6) is 0.217. The van der Waals surface area contributed by atoms with Gasteiger partial charge in [-0.2, -0.15) is 0 Å². The predicted octanol–water partition coefficient (Wildman–Crippen LogP) is 6.72. The maximum Gasteiger partial charge on any atom is 0.254 e. The van der Waals surface area contributed by atoms with Crippen molar-refractivity contribution in [1.29, 1.82) is 0 Å². The van der Waals surface area contributed by atoms with Gasteiger partial charge in [0.05, 0.1) is 36.7 Å². The van der Waals surface area contributed by atoms with Crippen LogP contribution in [0.25, 0.3) is 5.70 Å². The van der Waals surface area contributed by atoms with Crippen LogP contribution in [-0.4, -0.2) is 63.3 Å². The Bertz CT molecular complexity index is 1400. The first-order chi connectivity index (χ1) is 22.4. The number of oxime groups is 1. The van der Waals surface area contributed by atoms with Crippen LogP contribution >= 0.6 is 0 Å². The van der Waals surface area contributed by atoms with E-state index in [1.54, 1.807) is 27.0 Å². The minimum atomic E-state index is -0.640. The molecular weight excluding hydrogens is 599 g/mol. The second-order valence-corrected chi connectivity index (χ2v) is 11.9. The molecule has 47 heavy (non-hydrogen) atoms. The highest BCUT2D eigenvalue weighted by molar-refractivity contribution is 6.00. The lowest BCUT2D eigenvalue weighted by Gasteiger charge is -2.16. The normalized spacial score (nSPS) is 16.1. The number of aliphatic imine (C=N–C) groups is 1. The molecule has 1 aliphatic rings. The Labute approximate surface area is 279 Å². The van der Waals surface area contributed by atoms with Crippen LogP contribution in [0.1, 0.15) is 80.9 Å². The molecule has 1 heterocycles. The number of methoxy groups -OCH3 is 2. The number of hydrogen-bond donors (Lipinski definition) is 2. The van der Waals surface area contributed by atoms with Gasteiger partial charge >= 0.3 is 0 Å². The van der Waals surface area contributed by atoms with E-state index in [1.807, 2.05) is 38.1 Å². The number of amides is 1. The third kappa shape index (κ3) is 12.9. The van der Waals surface area contributed by atoms with Gasteiger partial charge in [0.2, 0.25) is 0 Å². The fraction of sp³-hybridized carbons (Fsp3) is 0.459. The van der Waals surface area contributed by atoms with E-state index in [1.165, 1.54) is 19.2 Å². The summed E-state index contributed by atoms with van der Waals surface area (Å²) in [7, 11) is 3.15. The molecule has 10 heteroatoms. The SMILES string of the molecule is C=C(N=C(OC)C(C)C)c1ccc(CC(CC)C(=C)O/N=C(\C)c2ccc(C(=O)NC(C)COC)c(F)c2)cc1.O=CC1CCCN1. The number of carbonyl (C=O) groups excluding carboxylic acids is 2. The summed E-state index contributed by atoms with van der Waals surface area (Å²) >= 11 is 0. The molecule has 256 valence electrons. The Balaban J connectivity index is 0.000000965. The molecule has 9 nitrogen and oxygen atoms in total. The van der Waals surface area contributed by atoms with E-state index in [-0.39, 0.29) is 29.5 Å². The quantitative estimate of drug-likeness (QED) is 0.0728. The zero-order valence-electron chi connectivity index (χ0n) is 28.9. The number of nitrogens with one attached hydrogen (secondary N) is 2. The van der Waals surface area contributed by atoms with Crippen molar-refractivity contribution in [3.05, 3.63) is 89.5 Å². The third-order valence-corrected chi connectivity index (χ3v) is 7.65. The minimum absolute atomic E-state index is 0.0292. The number of ether oxygens (including phenoxy) is 2. The third-order valence-electron chi connectivity index (χ3n) is 7.65. The molecule has 3 rings (SSSR count). The Hall–Kier alpha value is -4.15. The summed E-state index contributed by atoms with van der Waals surface area (Å²) in [6.45, 7) is 19.1. The minimum Gasteiger partial charge on any atom is -0.484 e. The number of carbonyl (C=O) groups is 2. The van der Waals surface area contributed by atoms with E-state index in [4.69, 9.17) is 14.3 Å². The Morgan fingerprint density at radius 3 is 2.32 bits per heavy atom. The first-order valence-electron chi connectivity index (χ1n) is 16.0. The topological polar surface area (TPSA) is 111 Å². The molecule has 0 spiro atoms. The van der Waals surface area contributed by atoms with Gasteiger partial charge in [0, 0.05) is 30.6 Å². The van der Waals surface area contributed by atoms with E-state index in [0.717, 1.165) is 49.6 Å². The highest BCUT2D eigenvalue weighted by Crippen LogP contribution is 2.23. The number of nitrogens with zero attached hydrogens (tertiary/aromatic N) is 2. The van der Waals surface area contributed by atoms with E-state index >= 15 is 0 Å². The summed E-state index contributed by atoms with van der Waals surface area (Å²) in [6, 6.07) is 12.3. The van der Waals surface area contributed by atoms with Gasteiger partial charge in [0.25, 0.3) is 5.91 Å². The van der Waals surface area contributed by atoms with Gasteiger partial charge in [0.1, 0.15) is 17.9 Å².